The lowest BCUT2D eigenvalue weighted by Crippen LogP contribution is -2.09. The van der Waals surface area contributed by atoms with Crippen LogP contribution < -0.4 is 0 Å². The molecule has 1 aromatic heterocycles. The molecule has 1 saturated heterocycles. The molecule has 2 unspecified atom stereocenters. The third kappa shape index (κ3) is 2.20. The molecule has 2 atom stereocenters. The van der Waals surface area contributed by atoms with Crippen LogP contribution in [0.25, 0.3) is 0 Å². The maximum absolute atomic E-state index is 6.11. The van der Waals surface area contributed by atoms with Crippen LogP contribution in [0.3, 0.4) is 0 Å². The van der Waals surface area contributed by atoms with Crippen molar-refractivity contribution in [3.63, 3.8) is 0 Å². The summed E-state index contributed by atoms with van der Waals surface area (Å²) in [7, 11) is 0. The molecule has 2 rings (SSSR count). The van der Waals surface area contributed by atoms with E-state index < -0.39 is 0 Å². The molecule has 0 aromatic carbocycles. The minimum Gasteiger partial charge on any atom is -0.367 e. The van der Waals surface area contributed by atoms with Gasteiger partial charge in [0.25, 0.3) is 0 Å². The molecule has 0 bridgehead atoms. The zero-order chi connectivity index (χ0) is 11.7. The second-order valence-corrected chi connectivity index (χ2v) is 4.67. The van der Waals surface area contributed by atoms with Gasteiger partial charge in [-0.15, -0.1) is 0 Å². The molecule has 2 heterocycles. The molecule has 0 saturated carbocycles. The van der Waals surface area contributed by atoms with E-state index in [1.54, 1.807) is 0 Å². The summed E-state index contributed by atoms with van der Waals surface area (Å²) in [5, 5.41) is 0.560. The van der Waals surface area contributed by atoms with Crippen LogP contribution >= 0.6 is 11.6 Å². The van der Waals surface area contributed by atoms with Crippen LogP contribution in [0.4, 0.5) is 0 Å². The van der Waals surface area contributed by atoms with Crippen molar-refractivity contribution in [2.45, 2.75) is 52.2 Å². The van der Waals surface area contributed by atoms with Crippen molar-refractivity contribution in [3.8, 4) is 0 Å². The molecule has 1 aliphatic rings. The van der Waals surface area contributed by atoms with Crippen LogP contribution in [0.1, 0.15) is 49.9 Å². The number of hydrogen-bond donors (Lipinski definition) is 0. The van der Waals surface area contributed by atoms with E-state index in [-0.39, 0.29) is 6.10 Å². The molecule has 0 amide bonds. The lowest BCUT2D eigenvalue weighted by molar-refractivity contribution is 0.0501. The zero-order valence-electron chi connectivity index (χ0n) is 9.96. The van der Waals surface area contributed by atoms with Crippen molar-refractivity contribution in [1.82, 2.24) is 9.97 Å². The van der Waals surface area contributed by atoms with Crippen molar-refractivity contribution in [1.29, 1.82) is 0 Å². The maximum Gasteiger partial charge on any atom is 0.159 e. The first kappa shape index (κ1) is 11.8. The van der Waals surface area contributed by atoms with Crippen molar-refractivity contribution in [2.75, 3.05) is 0 Å². The molecule has 88 valence electrons. The predicted molar refractivity (Wildman–Crippen MR) is 63.7 cm³/mol. The van der Waals surface area contributed by atoms with Gasteiger partial charge in [0, 0.05) is 11.3 Å². The van der Waals surface area contributed by atoms with E-state index in [1.807, 2.05) is 6.92 Å². The Hall–Kier alpha value is -0.670. The quantitative estimate of drug-likeness (QED) is 0.745. The number of hydrogen-bond acceptors (Lipinski definition) is 3. The molecule has 3 nitrogen and oxygen atoms in total. The third-order valence-electron chi connectivity index (χ3n) is 3.06. The van der Waals surface area contributed by atoms with Gasteiger partial charge in [0.1, 0.15) is 11.3 Å². The first-order valence-corrected chi connectivity index (χ1v) is 6.18. The molecule has 0 radical (unpaired) electrons. The van der Waals surface area contributed by atoms with Gasteiger partial charge in [0.15, 0.2) is 5.82 Å². The minimum atomic E-state index is 0.0263. The first-order valence-electron chi connectivity index (χ1n) is 5.80. The number of nitrogens with zero attached hydrogens (tertiary/aromatic N) is 2. The monoisotopic (exact) mass is 240 g/mol. The molecular formula is C12H17ClN2O. The Bertz CT molecular complexity index is 395. The molecule has 1 aromatic rings. The summed E-state index contributed by atoms with van der Waals surface area (Å²) in [6.07, 6.45) is 3.27. The summed E-state index contributed by atoms with van der Waals surface area (Å²) < 4.78 is 5.76. The normalized spacial score (nSPS) is 25.0. The molecule has 16 heavy (non-hydrogen) atoms. The van der Waals surface area contributed by atoms with E-state index in [2.05, 4.69) is 23.8 Å². The molecule has 0 N–H and O–H groups in total. The summed E-state index contributed by atoms with van der Waals surface area (Å²) in [4.78, 5) is 8.87. The van der Waals surface area contributed by atoms with Crippen LogP contribution in [0.2, 0.25) is 5.15 Å². The molecule has 0 aliphatic carbocycles. The minimum absolute atomic E-state index is 0.0263. The number of aryl methyl sites for hydroxylation is 1. The number of ether oxygens (including phenoxy) is 1. The lowest BCUT2D eigenvalue weighted by atomic mass is 10.1. The fourth-order valence-corrected chi connectivity index (χ4v) is 2.23. The highest BCUT2D eigenvalue weighted by atomic mass is 35.5. The second-order valence-electron chi connectivity index (χ2n) is 4.31. The summed E-state index contributed by atoms with van der Waals surface area (Å²) in [6.45, 7) is 6.12. The van der Waals surface area contributed by atoms with Crippen LogP contribution in [-0.2, 0) is 11.2 Å². The van der Waals surface area contributed by atoms with E-state index >= 15 is 0 Å². The van der Waals surface area contributed by atoms with E-state index in [0.717, 1.165) is 36.3 Å². The molecular weight excluding hydrogens is 224 g/mol. The van der Waals surface area contributed by atoms with Crippen LogP contribution in [0.5, 0.6) is 0 Å². The van der Waals surface area contributed by atoms with Crippen LogP contribution in [0, 0.1) is 6.92 Å². The van der Waals surface area contributed by atoms with E-state index in [1.165, 1.54) is 0 Å². The van der Waals surface area contributed by atoms with Gasteiger partial charge in [0.05, 0.1) is 6.10 Å². The van der Waals surface area contributed by atoms with Gasteiger partial charge in [-0.25, -0.2) is 9.97 Å². The molecule has 0 spiro atoms. The smallest absolute Gasteiger partial charge is 0.159 e. The van der Waals surface area contributed by atoms with Crippen molar-refractivity contribution < 1.29 is 4.74 Å². The van der Waals surface area contributed by atoms with Crippen LogP contribution in [0.15, 0.2) is 0 Å². The Labute approximate surface area is 101 Å². The molecule has 4 heteroatoms. The van der Waals surface area contributed by atoms with Gasteiger partial charge in [-0.3, -0.25) is 0 Å². The highest BCUT2D eigenvalue weighted by molar-refractivity contribution is 6.30. The highest BCUT2D eigenvalue weighted by Gasteiger charge is 2.26. The second kappa shape index (κ2) is 4.68. The summed E-state index contributed by atoms with van der Waals surface area (Å²) in [5.41, 5.74) is 2.01. The third-order valence-corrected chi connectivity index (χ3v) is 3.43. The number of halogens is 1. The summed E-state index contributed by atoms with van der Waals surface area (Å²) >= 11 is 6.11. The van der Waals surface area contributed by atoms with E-state index in [4.69, 9.17) is 16.3 Å². The average molecular weight is 241 g/mol. The Morgan fingerprint density at radius 3 is 2.69 bits per heavy atom. The van der Waals surface area contributed by atoms with Crippen LogP contribution in [-0.4, -0.2) is 16.1 Å². The van der Waals surface area contributed by atoms with Gasteiger partial charge in [-0.2, -0.15) is 0 Å². The highest BCUT2D eigenvalue weighted by Crippen LogP contribution is 2.31. The Kier molecular flexibility index (Phi) is 3.45. The average Bonchev–Trinajstić information content (AvgIpc) is 2.69. The van der Waals surface area contributed by atoms with Gasteiger partial charge < -0.3 is 4.74 Å². The molecule has 1 aliphatic heterocycles. The molecule has 1 fully saturated rings. The maximum atomic E-state index is 6.11. The summed E-state index contributed by atoms with van der Waals surface area (Å²) in [6, 6.07) is 0. The lowest BCUT2D eigenvalue weighted by Gasteiger charge is -2.12. The summed E-state index contributed by atoms with van der Waals surface area (Å²) in [5.74, 6) is 0.747. The Morgan fingerprint density at radius 1 is 1.38 bits per heavy atom. The fourth-order valence-electron chi connectivity index (χ4n) is 2.03. The van der Waals surface area contributed by atoms with E-state index in [9.17, 15) is 0 Å². The fraction of sp³-hybridized carbons (Fsp3) is 0.667. The first-order chi connectivity index (χ1) is 7.61. The van der Waals surface area contributed by atoms with Gasteiger partial charge in [-0.05, 0) is 33.1 Å². The largest absolute Gasteiger partial charge is 0.367 e. The predicted octanol–water partition coefficient (Wildman–Crippen LogP) is 3.24. The standard InChI is InChI=1S/C12H17ClN2O/c1-4-9-8(3)11(13)15-12(14-9)10-6-5-7(2)16-10/h7,10H,4-6H2,1-3H3. The number of rotatable bonds is 2. The topological polar surface area (TPSA) is 35.0 Å². The van der Waals surface area contributed by atoms with Crippen molar-refractivity contribution in [3.05, 3.63) is 22.2 Å². The van der Waals surface area contributed by atoms with Crippen molar-refractivity contribution >= 4 is 11.6 Å². The zero-order valence-corrected chi connectivity index (χ0v) is 10.7. The number of aromatic nitrogens is 2. The van der Waals surface area contributed by atoms with Gasteiger partial charge >= 0.3 is 0 Å². The van der Waals surface area contributed by atoms with Crippen molar-refractivity contribution in [2.24, 2.45) is 0 Å². The Morgan fingerprint density at radius 2 is 2.12 bits per heavy atom. The SMILES string of the molecule is CCc1nc(C2CCC(C)O2)nc(Cl)c1C. The van der Waals surface area contributed by atoms with Gasteiger partial charge in [0.2, 0.25) is 0 Å². The van der Waals surface area contributed by atoms with E-state index in [0.29, 0.717) is 11.3 Å². The Balaban J connectivity index is 2.31. The van der Waals surface area contributed by atoms with Gasteiger partial charge in [-0.1, -0.05) is 18.5 Å².